The van der Waals surface area contributed by atoms with Crippen molar-refractivity contribution in [3.63, 3.8) is 0 Å². The van der Waals surface area contributed by atoms with Crippen LogP contribution in [-0.2, 0) is 26.7 Å². The molecule has 2 aromatic carbocycles. The fourth-order valence-corrected chi connectivity index (χ4v) is 4.15. The van der Waals surface area contributed by atoms with E-state index in [2.05, 4.69) is 20.2 Å². The monoisotopic (exact) mass is 728 g/mol. The molecule has 0 saturated heterocycles. The summed E-state index contributed by atoms with van der Waals surface area (Å²) in [5.74, 6) is -1.64. The fourth-order valence-electron chi connectivity index (χ4n) is 3.72. The first-order valence-corrected chi connectivity index (χ1v) is 13.9. The van der Waals surface area contributed by atoms with Gasteiger partial charge in [-0.05, 0) is 63.1 Å². The van der Waals surface area contributed by atoms with Crippen molar-refractivity contribution >= 4 is 47.5 Å². The predicted octanol–water partition coefficient (Wildman–Crippen LogP) is 4.66. The van der Waals surface area contributed by atoms with Gasteiger partial charge in [0, 0.05) is 35.7 Å². The van der Waals surface area contributed by atoms with Crippen molar-refractivity contribution in [1.82, 2.24) is 29.5 Å². The average Bonchev–Trinajstić information content (AvgIpc) is 3.62. The van der Waals surface area contributed by atoms with Gasteiger partial charge in [0.05, 0.1) is 27.3 Å². The molecule has 11 nitrogen and oxygen atoms in total. The van der Waals surface area contributed by atoms with E-state index in [9.17, 15) is 35.9 Å². The van der Waals surface area contributed by atoms with Gasteiger partial charge >= 0.3 is 43.2 Å². The number of carboxylic acids is 1. The molecule has 0 bridgehead atoms. The van der Waals surface area contributed by atoms with E-state index >= 15 is 0 Å². The van der Waals surface area contributed by atoms with Crippen LogP contribution < -0.4 is 18.9 Å². The zero-order valence-electron chi connectivity index (χ0n) is 26.2. The molecular weight excluding hydrogens is 704 g/mol. The average molecular weight is 729 g/mol. The summed E-state index contributed by atoms with van der Waals surface area (Å²) < 4.78 is 85.2. The molecule has 4 rings (SSSR count). The first kappa shape index (κ1) is 42.9. The number of carbonyl (C=O) groups excluding carboxylic acids is 1. The van der Waals surface area contributed by atoms with E-state index in [1.165, 1.54) is 49.5 Å². The Kier molecular flexibility index (Phi) is 15.3. The van der Waals surface area contributed by atoms with Crippen LogP contribution in [0.2, 0.25) is 10.0 Å². The summed E-state index contributed by atoms with van der Waals surface area (Å²) in [5.41, 5.74) is -1.11. The van der Waals surface area contributed by atoms with Crippen LogP contribution in [0.3, 0.4) is 0 Å². The van der Waals surface area contributed by atoms with Crippen LogP contribution in [0, 0.1) is 13.8 Å². The van der Waals surface area contributed by atoms with Gasteiger partial charge in [-0.1, -0.05) is 23.2 Å². The van der Waals surface area contributed by atoms with Gasteiger partial charge in [-0.25, -0.2) is 28.9 Å². The molecule has 258 valence electrons. The molecule has 0 aliphatic heterocycles. The van der Waals surface area contributed by atoms with Gasteiger partial charge < -0.3 is 15.3 Å². The maximum absolute atomic E-state index is 13.1. The van der Waals surface area contributed by atoms with Gasteiger partial charge in [0.15, 0.2) is 11.6 Å². The minimum absolute atomic E-state index is 0. The molecule has 0 aliphatic rings. The summed E-state index contributed by atoms with van der Waals surface area (Å²) >= 11 is 11.4. The number of halogens is 8. The Hall–Kier alpha value is -4.14. The topological polar surface area (TPSA) is 155 Å². The number of hydrogen-bond donors (Lipinski definition) is 1. The van der Waals surface area contributed by atoms with Gasteiger partial charge in [-0.15, -0.1) is 10.2 Å². The SMILES string of the molecule is Cc1cc(-c2ncn(/C=C\C(=O)O)n2)cc(C(F)(F)F)c1Cl.Cc1cc(-c2ncn(/C=C\C(=O)OC(C)C)n2)cc(C(F)(F)F)c1Cl.[Li+].[OH-]. The number of carbonyl (C=O) groups is 2. The van der Waals surface area contributed by atoms with Crippen molar-refractivity contribution in [2.75, 3.05) is 0 Å². The zero-order chi connectivity index (χ0) is 35.3. The van der Waals surface area contributed by atoms with Crippen LogP contribution >= 0.6 is 23.2 Å². The normalized spacial score (nSPS) is 11.6. The minimum atomic E-state index is -4.59. The van der Waals surface area contributed by atoms with Gasteiger partial charge in [0.2, 0.25) is 0 Å². The standard InChI is InChI=1S/C16H15ClF3N3O2.C13H9ClF3N3O2.Li.H2O/c1-9(2)25-13(24)4-5-23-8-21-15(22-23)11-6-10(3)14(17)12(7-11)16(18,19)20;1-7-4-8(5-9(11(7)14)13(15,16)17)12-18-6-20(19-12)3-2-10(21)22;;/h4-9H,1-3H3;2-6H,1H3,(H,21,22);;1H2/q;;+1;/p-1/b5-4-;3-2-;;. The van der Waals surface area contributed by atoms with Crippen LogP contribution in [-0.4, -0.2) is 58.2 Å². The molecule has 0 unspecified atom stereocenters. The molecule has 0 aliphatic carbocycles. The molecule has 0 spiro atoms. The number of aliphatic carboxylic acids is 1. The van der Waals surface area contributed by atoms with Crippen molar-refractivity contribution in [2.24, 2.45) is 0 Å². The second kappa shape index (κ2) is 17.5. The Bertz CT molecular complexity index is 1840. The summed E-state index contributed by atoms with van der Waals surface area (Å²) in [7, 11) is 0. The second-order valence-corrected chi connectivity index (χ2v) is 10.6. The molecular formula is C29H25Cl2F6LiN6O5. The molecule has 2 N–H and O–H groups in total. The first-order chi connectivity index (χ1) is 21.8. The largest absolute Gasteiger partial charge is 1.00 e. The third-order valence-corrected chi connectivity index (χ3v) is 6.74. The quantitative estimate of drug-likeness (QED) is 0.124. The molecule has 0 atom stereocenters. The van der Waals surface area contributed by atoms with Crippen molar-refractivity contribution in [2.45, 2.75) is 46.2 Å². The van der Waals surface area contributed by atoms with E-state index in [-0.39, 0.29) is 74.4 Å². The number of alkyl halides is 6. The maximum atomic E-state index is 13.1. The minimum Gasteiger partial charge on any atom is -0.870 e. The number of aromatic nitrogens is 6. The van der Waals surface area contributed by atoms with Crippen LogP contribution in [0.4, 0.5) is 26.3 Å². The maximum Gasteiger partial charge on any atom is 1.00 e. The molecule has 0 fully saturated rings. The van der Waals surface area contributed by atoms with Crippen molar-refractivity contribution in [1.29, 1.82) is 0 Å². The van der Waals surface area contributed by atoms with Crippen LogP contribution in [0.25, 0.3) is 35.2 Å². The Morgan fingerprint density at radius 3 is 1.53 bits per heavy atom. The fraction of sp³-hybridized carbons (Fsp3) is 0.241. The van der Waals surface area contributed by atoms with Gasteiger partial charge in [0.1, 0.15) is 12.7 Å². The number of hydrogen-bond acceptors (Lipinski definition) is 8. The molecule has 20 heteroatoms. The third-order valence-electron chi connectivity index (χ3n) is 5.74. The molecule has 2 aromatic heterocycles. The van der Waals surface area contributed by atoms with E-state index in [1.807, 2.05) is 0 Å². The van der Waals surface area contributed by atoms with E-state index in [4.69, 9.17) is 33.0 Å². The third kappa shape index (κ3) is 12.0. The van der Waals surface area contributed by atoms with E-state index < -0.39 is 35.4 Å². The van der Waals surface area contributed by atoms with Gasteiger partial charge in [-0.3, -0.25) is 0 Å². The summed E-state index contributed by atoms with van der Waals surface area (Å²) in [5, 5.41) is 15.7. The number of aryl methyl sites for hydroxylation is 2. The predicted molar refractivity (Wildman–Crippen MR) is 162 cm³/mol. The second-order valence-electron chi connectivity index (χ2n) is 9.86. The summed E-state index contributed by atoms with van der Waals surface area (Å²) in [6.07, 6.45) is -2.59. The zero-order valence-corrected chi connectivity index (χ0v) is 27.7. The Balaban J connectivity index is 0.000000474. The first-order valence-electron chi connectivity index (χ1n) is 13.1. The number of carboxylic acid groups (broad SMARTS) is 1. The number of rotatable bonds is 7. The summed E-state index contributed by atoms with van der Waals surface area (Å²) in [6.45, 7) is 6.34. The summed E-state index contributed by atoms with van der Waals surface area (Å²) in [6, 6.07) is 4.65. The van der Waals surface area contributed by atoms with Crippen LogP contribution in [0.1, 0.15) is 36.1 Å². The Labute approximate surface area is 296 Å². The smallest absolute Gasteiger partial charge is 0.870 e. The Morgan fingerprint density at radius 1 is 0.796 bits per heavy atom. The number of nitrogens with zero attached hydrogens (tertiary/aromatic N) is 6. The number of benzene rings is 2. The van der Waals surface area contributed by atoms with Crippen molar-refractivity contribution < 1.29 is 70.1 Å². The number of ether oxygens (including phenoxy) is 1. The molecule has 0 amide bonds. The molecule has 0 saturated carbocycles. The van der Waals surface area contributed by atoms with Gasteiger partial charge in [0.25, 0.3) is 0 Å². The Morgan fingerprint density at radius 2 is 1.18 bits per heavy atom. The molecule has 0 radical (unpaired) electrons. The van der Waals surface area contributed by atoms with Crippen molar-refractivity contribution in [3.8, 4) is 22.8 Å². The molecule has 2 heterocycles. The number of esters is 1. The van der Waals surface area contributed by atoms with E-state index in [1.54, 1.807) is 13.8 Å². The molecule has 49 heavy (non-hydrogen) atoms. The van der Waals surface area contributed by atoms with Crippen LogP contribution in [0.5, 0.6) is 0 Å². The van der Waals surface area contributed by atoms with E-state index in [0.29, 0.717) is 0 Å². The van der Waals surface area contributed by atoms with Gasteiger partial charge in [-0.2, -0.15) is 26.3 Å². The van der Waals surface area contributed by atoms with E-state index in [0.717, 1.165) is 35.2 Å². The van der Waals surface area contributed by atoms with Crippen LogP contribution in [0.15, 0.2) is 49.1 Å². The molecule has 4 aromatic rings. The summed E-state index contributed by atoms with van der Waals surface area (Å²) in [4.78, 5) is 29.6. The van der Waals surface area contributed by atoms with Crippen molar-refractivity contribution in [3.05, 3.63) is 81.4 Å².